The highest BCUT2D eigenvalue weighted by Crippen LogP contribution is 2.30. The van der Waals surface area contributed by atoms with Crippen LogP contribution < -0.4 is 5.32 Å². The van der Waals surface area contributed by atoms with Gasteiger partial charge in [0.05, 0.1) is 17.3 Å². The van der Waals surface area contributed by atoms with Crippen molar-refractivity contribution >= 4 is 5.70 Å². The van der Waals surface area contributed by atoms with Crippen LogP contribution >= 0.6 is 0 Å². The van der Waals surface area contributed by atoms with Crippen LogP contribution in [0.15, 0.2) is 72.6 Å². The van der Waals surface area contributed by atoms with Crippen molar-refractivity contribution in [3.8, 4) is 6.07 Å². The van der Waals surface area contributed by atoms with E-state index in [9.17, 15) is 5.26 Å². The van der Waals surface area contributed by atoms with E-state index >= 15 is 0 Å². The average molecular weight is 438 g/mol. The number of nitrogens with zero attached hydrogens (tertiary/aromatic N) is 2. The fourth-order valence-corrected chi connectivity index (χ4v) is 4.91. The van der Waals surface area contributed by atoms with Crippen LogP contribution in [-0.4, -0.2) is 11.1 Å². The summed E-state index contributed by atoms with van der Waals surface area (Å²) in [6.45, 7) is 8.81. The topological polar surface area (TPSA) is 39.1 Å². The highest BCUT2D eigenvalue weighted by molar-refractivity contribution is 5.67. The summed E-state index contributed by atoms with van der Waals surface area (Å²) < 4.78 is 0. The van der Waals surface area contributed by atoms with Crippen LogP contribution in [0.5, 0.6) is 0 Å². The van der Waals surface area contributed by atoms with E-state index in [1.165, 1.54) is 27.8 Å². The Morgan fingerprint density at radius 1 is 1.09 bits per heavy atom. The number of benzene rings is 2. The van der Waals surface area contributed by atoms with Crippen molar-refractivity contribution in [2.24, 2.45) is 5.92 Å². The standard InChI is InChI=1S/C30H35N3/c1-5-7-25(27-14-13-26(16-21(2)3)28(18-27)19-31)17-23-9-11-24(12-10-23)29-20-33-15-6-8-22(4)30(33)32-29/h6,8-15,18,20-21,25,30,32H,5,7,16-17H2,1-4H3/t25-,30?/m1/s1. The summed E-state index contributed by atoms with van der Waals surface area (Å²) in [6.07, 6.45) is 13.0. The summed E-state index contributed by atoms with van der Waals surface area (Å²) in [5.41, 5.74) is 8.34. The number of fused-ring (bicyclic) bond motifs is 1. The summed E-state index contributed by atoms with van der Waals surface area (Å²) >= 11 is 0. The SMILES string of the molecule is CCC[C@H](Cc1ccc(C2=CN3C=CC=C(C)C3N2)cc1)c1ccc(CC(C)C)c(C#N)c1. The zero-order valence-electron chi connectivity index (χ0n) is 20.3. The van der Waals surface area contributed by atoms with Gasteiger partial charge >= 0.3 is 0 Å². The maximum absolute atomic E-state index is 9.71. The number of allylic oxidation sites excluding steroid dienone is 2. The van der Waals surface area contributed by atoms with Gasteiger partial charge in [-0.1, -0.05) is 69.7 Å². The van der Waals surface area contributed by atoms with Gasteiger partial charge in [-0.2, -0.15) is 5.26 Å². The monoisotopic (exact) mass is 437 g/mol. The van der Waals surface area contributed by atoms with Crippen LogP contribution in [0.2, 0.25) is 0 Å². The predicted octanol–water partition coefficient (Wildman–Crippen LogP) is 6.89. The fraction of sp³-hybridized carbons (Fsp3) is 0.367. The Morgan fingerprint density at radius 2 is 1.88 bits per heavy atom. The molecule has 0 amide bonds. The highest BCUT2D eigenvalue weighted by atomic mass is 15.3. The van der Waals surface area contributed by atoms with Crippen LogP contribution in [0.3, 0.4) is 0 Å². The molecule has 1 unspecified atom stereocenters. The van der Waals surface area contributed by atoms with Crippen LogP contribution in [0.25, 0.3) is 5.70 Å². The van der Waals surface area contributed by atoms with Crippen molar-refractivity contribution in [2.45, 2.75) is 65.5 Å². The van der Waals surface area contributed by atoms with Crippen LogP contribution in [-0.2, 0) is 12.8 Å². The van der Waals surface area contributed by atoms with E-state index in [1.54, 1.807) is 0 Å². The molecular weight excluding hydrogens is 402 g/mol. The lowest BCUT2D eigenvalue weighted by atomic mass is 9.86. The summed E-state index contributed by atoms with van der Waals surface area (Å²) in [5.74, 6) is 0.978. The Bertz CT molecular complexity index is 1110. The van der Waals surface area contributed by atoms with Gasteiger partial charge in [-0.15, -0.1) is 0 Å². The van der Waals surface area contributed by atoms with Gasteiger partial charge in [0.2, 0.25) is 0 Å². The molecule has 4 rings (SSSR count). The number of hydrogen-bond donors (Lipinski definition) is 1. The van der Waals surface area contributed by atoms with Crippen LogP contribution in [0.1, 0.15) is 74.3 Å². The Hall–Kier alpha value is -3.25. The normalized spacial score (nSPS) is 17.8. The first-order valence-electron chi connectivity index (χ1n) is 12.2. The first-order valence-corrected chi connectivity index (χ1v) is 12.2. The summed E-state index contributed by atoms with van der Waals surface area (Å²) in [7, 11) is 0. The molecule has 0 aromatic heterocycles. The molecule has 2 aromatic carbocycles. The van der Waals surface area contributed by atoms with E-state index in [0.717, 1.165) is 36.9 Å². The van der Waals surface area contributed by atoms with Crippen molar-refractivity contribution in [3.05, 3.63) is 100 Å². The molecule has 2 atom stereocenters. The van der Waals surface area contributed by atoms with Crippen molar-refractivity contribution in [1.82, 2.24) is 10.2 Å². The molecule has 0 saturated heterocycles. The minimum absolute atomic E-state index is 0.228. The highest BCUT2D eigenvalue weighted by Gasteiger charge is 2.25. The third-order valence-corrected chi connectivity index (χ3v) is 6.66. The molecule has 1 N–H and O–H groups in total. The third-order valence-electron chi connectivity index (χ3n) is 6.66. The zero-order chi connectivity index (χ0) is 23.4. The van der Waals surface area contributed by atoms with Gasteiger partial charge in [0.15, 0.2) is 0 Å². The van der Waals surface area contributed by atoms with E-state index in [1.807, 2.05) is 0 Å². The first-order chi connectivity index (χ1) is 16.0. The summed E-state index contributed by atoms with van der Waals surface area (Å²) in [6, 6.07) is 18.0. The summed E-state index contributed by atoms with van der Waals surface area (Å²) in [4.78, 5) is 2.23. The van der Waals surface area contributed by atoms with E-state index in [2.05, 4.69) is 111 Å². The lowest BCUT2D eigenvalue weighted by molar-refractivity contribution is 0.408. The van der Waals surface area contributed by atoms with Crippen LogP contribution in [0.4, 0.5) is 0 Å². The van der Waals surface area contributed by atoms with Crippen molar-refractivity contribution < 1.29 is 0 Å². The van der Waals surface area contributed by atoms with E-state index in [-0.39, 0.29) is 6.17 Å². The molecule has 2 aromatic rings. The maximum Gasteiger partial charge on any atom is 0.125 e. The Labute approximate surface area is 199 Å². The Balaban J connectivity index is 1.49. The maximum atomic E-state index is 9.71. The molecule has 0 radical (unpaired) electrons. The molecule has 0 spiro atoms. The van der Waals surface area contributed by atoms with Crippen molar-refractivity contribution in [2.75, 3.05) is 0 Å². The number of rotatable bonds is 8. The van der Waals surface area contributed by atoms with Gasteiger partial charge in [0.1, 0.15) is 6.17 Å². The second-order valence-electron chi connectivity index (χ2n) is 9.80. The molecule has 0 bridgehead atoms. The molecule has 2 aliphatic rings. The largest absolute Gasteiger partial charge is 0.360 e. The Morgan fingerprint density at radius 3 is 2.55 bits per heavy atom. The smallest absolute Gasteiger partial charge is 0.125 e. The predicted molar refractivity (Wildman–Crippen MR) is 137 cm³/mol. The second-order valence-corrected chi connectivity index (χ2v) is 9.80. The minimum Gasteiger partial charge on any atom is -0.360 e. The average Bonchev–Trinajstić information content (AvgIpc) is 3.25. The molecule has 2 aliphatic heterocycles. The van der Waals surface area contributed by atoms with Gasteiger partial charge < -0.3 is 10.2 Å². The molecule has 33 heavy (non-hydrogen) atoms. The molecule has 0 aliphatic carbocycles. The van der Waals surface area contributed by atoms with Gasteiger partial charge in [0.25, 0.3) is 0 Å². The third kappa shape index (κ3) is 5.22. The van der Waals surface area contributed by atoms with Crippen molar-refractivity contribution in [3.63, 3.8) is 0 Å². The van der Waals surface area contributed by atoms with Crippen molar-refractivity contribution in [1.29, 1.82) is 5.26 Å². The summed E-state index contributed by atoms with van der Waals surface area (Å²) in [5, 5.41) is 13.3. The molecular formula is C30H35N3. The molecule has 0 saturated carbocycles. The van der Waals surface area contributed by atoms with Gasteiger partial charge in [0, 0.05) is 12.4 Å². The van der Waals surface area contributed by atoms with Gasteiger partial charge in [-0.25, -0.2) is 0 Å². The van der Waals surface area contributed by atoms with Gasteiger partial charge in [-0.3, -0.25) is 0 Å². The number of hydrogen-bond acceptors (Lipinski definition) is 3. The van der Waals surface area contributed by atoms with E-state index in [4.69, 9.17) is 0 Å². The molecule has 3 nitrogen and oxygen atoms in total. The molecule has 0 fully saturated rings. The quantitative estimate of drug-likeness (QED) is 0.489. The van der Waals surface area contributed by atoms with Gasteiger partial charge in [-0.05, 0) is 78.0 Å². The van der Waals surface area contributed by atoms with Crippen LogP contribution in [0, 0.1) is 17.2 Å². The number of nitriles is 1. The lowest BCUT2D eigenvalue weighted by Crippen LogP contribution is -2.35. The minimum atomic E-state index is 0.228. The van der Waals surface area contributed by atoms with E-state index in [0.29, 0.717) is 11.8 Å². The number of nitrogens with one attached hydrogen (secondary N) is 1. The molecule has 3 heteroatoms. The lowest BCUT2D eigenvalue weighted by Gasteiger charge is -2.25. The molecule has 2 heterocycles. The van der Waals surface area contributed by atoms with E-state index < -0.39 is 0 Å². The first kappa shape index (κ1) is 22.9. The zero-order valence-corrected chi connectivity index (χ0v) is 20.3. The second kappa shape index (κ2) is 10.1. The fourth-order valence-electron chi connectivity index (χ4n) is 4.91. The Kier molecular flexibility index (Phi) is 7.04. The molecule has 170 valence electrons.